The Morgan fingerprint density at radius 2 is 1.71 bits per heavy atom. The Morgan fingerprint density at radius 3 is 2.32 bits per heavy atom. The number of benzene rings is 2. The Morgan fingerprint density at radius 1 is 1.03 bits per heavy atom. The molecule has 1 aliphatic heterocycles. The van der Waals surface area contributed by atoms with E-state index in [-0.39, 0.29) is 17.7 Å². The predicted octanol–water partition coefficient (Wildman–Crippen LogP) is 3.93. The van der Waals surface area contributed by atoms with Crippen LogP contribution in [0.4, 0.5) is 0 Å². The Balaban J connectivity index is 1.71. The van der Waals surface area contributed by atoms with Crippen molar-refractivity contribution in [2.45, 2.75) is 44.3 Å². The number of pyridine rings is 1. The number of carboxylic acids is 1. The highest BCUT2D eigenvalue weighted by molar-refractivity contribution is 7.90. The fraction of sp³-hybridized carbons (Fsp3) is 0.321. The highest BCUT2D eigenvalue weighted by Crippen LogP contribution is 2.47. The second-order valence-corrected chi connectivity index (χ2v) is 12.0. The van der Waals surface area contributed by atoms with Gasteiger partial charge in [0, 0.05) is 29.8 Å². The summed E-state index contributed by atoms with van der Waals surface area (Å²) in [5.41, 5.74) is 3.19. The van der Waals surface area contributed by atoms with E-state index in [1.807, 2.05) is 62.4 Å². The van der Waals surface area contributed by atoms with E-state index in [4.69, 9.17) is 9.47 Å². The van der Waals surface area contributed by atoms with Crippen LogP contribution in [0.5, 0.6) is 0 Å². The summed E-state index contributed by atoms with van der Waals surface area (Å²) >= 11 is 0. The first-order valence-electron chi connectivity index (χ1n) is 12.1. The monoisotopic (exact) mass is 538 g/mol. The fourth-order valence-corrected chi connectivity index (χ4v) is 5.08. The molecule has 0 unspecified atom stereocenters. The molecule has 1 fully saturated rings. The Hall–Kier alpha value is -3.60. The van der Waals surface area contributed by atoms with Gasteiger partial charge >= 0.3 is 5.97 Å². The second-order valence-electron chi connectivity index (χ2n) is 9.72. The topological polar surface area (TPSA) is 132 Å². The van der Waals surface area contributed by atoms with Gasteiger partial charge in [0.25, 0.3) is 5.91 Å². The van der Waals surface area contributed by atoms with Gasteiger partial charge in [-0.3, -0.25) is 9.78 Å². The van der Waals surface area contributed by atoms with Crippen molar-refractivity contribution in [3.8, 4) is 11.1 Å². The van der Waals surface area contributed by atoms with E-state index in [0.717, 1.165) is 22.9 Å². The quantitative estimate of drug-likeness (QED) is 0.419. The van der Waals surface area contributed by atoms with Crippen molar-refractivity contribution in [2.24, 2.45) is 0 Å². The molecule has 4 rings (SSSR count). The van der Waals surface area contributed by atoms with E-state index in [9.17, 15) is 23.1 Å². The van der Waals surface area contributed by atoms with E-state index in [1.165, 1.54) is 0 Å². The number of aromatic nitrogens is 1. The highest BCUT2D eigenvalue weighted by atomic mass is 32.2. The summed E-state index contributed by atoms with van der Waals surface area (Å²) in [6, 6.07) is 16.8. The van der Waals surface area contributed by atoms with Crippen molar-refractivity contribution in [3.63, 3.8) is 0 Å². The van der Waals surface area contributed by atoms with E-state index < -0.39 is 45.8 Å². The van der Waals surface area contributed by atoms with Crippen molar-refractivity contribution in [2.75, 3.05) is 12.0 Å². The van der Waals surface area contributed by atoms with Crippen LogP contribution in [0, 0.1) is 0 Å². The molecule has 1 aromatic heterocycles. The average molecular weight is 539 g/mol. The first kappa shape index (κ1) is 27.4. The van der Waals surface area contributed by atoms with Crippen LogP contribution < -0.4 is 5.32 Å². The minimum absolute atomic E-state index is 0.242. The molecule has 2 heterocycles. The zero-order chi connectivity index (χ0) is 27.5. The molecule has 9 nitrogen and oxygen atoms in total. The molecule has 2 aromatic carbocycles. The fourth-order valence-electron chi connectivity index (χ4n) is 4.41. The summed E-state index contributed by atoms with van der Waals surface area (Å²) in [4.78, 5) is 29.3. The number of carboxylic acid groups (broad SMARTS) is 1. The Kier molecular flexibility index (Phi) is 7.96. The van der Waals surface area contributed by atoms with Gasteiger partial charge in [0.05, 0.1) is 5.75 Å². The number of sulfone groups is 1. The van der Waals surface area contributed by atoms with Crippen LogP contribution in [0.15, 0.2) is 73.1 Å². The lowest BCUT2D eigenvalue weighted by molar-refractivity contribution is -0.147. The molecule has 38 heavy (non-hydrogen) atoms. The van der Waals surface area contributed by atoms with Gasteiger partial charge in [-0.15, -0.1) is 0 Å². The number of carbonyl (C=O) groups is 2. The molecule has 0 aliphatic carbocycles. The number of nitrogens with zero attached hydrogens (tertiary/aromatic N) is 1. The van der Waals surface area contributed by atoms with Crippen LogP contribution in [0.3, 0.4) is 0 Å². The summed E-state index contributed by atoms with van der Waals surface area (Å²) < 4.78 is 35.6. The molecule has 0 radical (unpaired) electrons. The van der Waals surface area contributed by atoms with E-state index in [0.29, 0.717) is 5.56 Å². The third kappa shape index (κ3) is 6.63. The number of nitrogens with one attached hydrogen (secondary N) is 1. The van der Waals surface area contributed by atoms with Gasteiger partial charge in [-0.1, -0.05) is 42.5 Å². The van der Waals surface area contributed by atoms with Gasteiger partial charge in [-0.05, 0) is 55.2 Å². The number of carbonyl (C=O) groups excluding carboxylic acids is 1. The van der Waals surface area contributed by atoms with Crippen LogP contribution in [0.1, 0.15) is 54.0 Å². The first-order valence-corrected chi connectivity index (χ1v) is 14.2. The van der Waals surface area contributed by atoms with Gasteiger partial charge < -0.3 is 19.9 Å². The lowest BCUT2D eigenvalue weighted by Gasteiger charge is -2.20. The van der Waals surface area contributed by atoms with Crippen LogP contribution in [0.2, 0.25) is 0 Å². The molecule has 2 N–H and O–H groups in total. The number of hydrogen-bond acceptors (Lipinski definition) is 7. The van der Waals surface area contributed by atoms with Crippen LogP contribution in [-0.2, 0) is 24.1 Å². The lowest BCUT2D eigenvalue weighted by atomic mass is 9.92. The van der Waals surface area contributed by atoms with Gasteiger partial charge in [0.15, 0.2) is 5.79 Å². The summed E-state index contributed by atoms with van der Waals surface area (Å²) in [7, 11) is -3.40. The van der Waals surface area contributed by atoms with Crippen LogP contribution in [0.25, 0.3) is 11.1 Å². The molecule has 0 bridgehead atoms. The van der Waals surface area contributed by atoms with Crippen molar-refractivity contribution in [1.82, 2.24) is 10.3 Å². The number of aliphatic carboxylic acids is 1. The summed E-state index contributed by atoms with van der Waals surface area (Å²) in [6.07, 6.45) is 3.26. The zero-order valence-electron chi connectivity index (χ0n) is 21.3. The second kappa shape index (κ2) is 11.0. The maximum absolute atomic E-state index is 13.3. The van der Waals surface area contributed by atoms with Crippen LogP contribution >= 0.6 is 0 Å². The SMILES string of the molecule is CC1(C)O[C@H](c2cccnc2)[C@@H](c2ccc(C(=O)N[C@@H](CCS(C)(=O)=O)C(=O)O)c(-c3ccccc3)c2)O1. The normalized spacial score (nSPS) is 19.6. The minimum Gasteiger partial charge on any atom is -0.480 e. The Bertz CT molecular complexity index is 1410. The van der Waals surface area contributed by atoms with Gasteiger partial charge in [-0.2, -0.15) is 0 Å². The van der Waals surface area contributed by atoms with Crippen LogP contribution in [-0.4, -0.2) is 54.2 Å². The maximum Gasteiger partial charge on any atom is 0.326 e. The summed E-state index contributed by atoms with van der Waals surface area (Å²) in [5.74, 6) is -3.15. The number of hydrogen-bond donors (Lipinski definition) is 2. The first-order chi connectivity index (χ1) is 17.9. The molecular weight excluding hydrogens is 508 g/mol. The molecule has 1 amide bonds. The number of amides is 1. The van der Waals surface area contributed by atoms with Gasteiger partial charge in [0.2, 0.25) is 0 Å². The van der Waals surface area contributed by atoms with E-state index in [1.54, 1.807) is 24.5 Å². The molecule has 1 aliphatic rings. The Labute approximate surface area is 221 Å². The van der Waals surface area contributed by atoms with Crippen molar-refractivity contribution >= 4 is 21.7 Å². The smallest absolute Gasteiger partial charge is 0.326 e. The van der Waals surface area contributed by atoms with Crippen molar-refractivity contribution in [1.29, 1.82) is 0 Å². The standard InChI is InChI=1S/C28H30N2O7S/c1-28(2)36-24(25(37-28)20-10-7-14-29-17-20)19-11-12-21(22(16-19)18-8-5-4-6-9-18)26(31)30-23(27(32)33)13-15-38(3,34)35/h4-12,14,16-17,23-25H,13,15H2,1-3H3,(H,30,31)(H,32,33)/t23-,24+,25+/m0/s1. The predicted molar refractivity (Wildman–Crippen MR) is 141 cm³/mol. The van der Waals surface area contributed by atoms with E-state index >= 15 is 0 Å². The molecule has 3 aromatic rings. The average Bonchev–Trinajstić information content (AvgIpc) is 3.21. The van der Waals surface area contributed by atoms with Gasteiger partial charge in [0.1, 0.15) is 28.1 Å². The maximum atomic E-state index is 13.3. The largest absolute Gasteiger partial charge is 0.480 e. The third-order valence-corrected chi connectivity index (χ3v) is 7.17. The molecule has 1 saturated heterocycles. The van der Waals surface area contributed by atoms with Crippen molar-refractivity contribution < 1.29 is 32.6 Å². The van der Waals surface area contributed by atoms with Crippen molar-refractivity contribution in [3.05, 3.63) is 89.7 Å². The number of rotatable bonds is 9. The molecule has 10 heteroatoms. The summed E-state index contributed by atoms with van der Waals surface area (Å²) in [6.45, 7) is 3.66. The highest BCUT2D eigenvalue weighted by Gasteiger charge is 2.43. The summed E-state index contributed by atoms with van der Waals surface area (Å²) in [5, 5.41) is 12.1. The molecular formula is C28H30N2O7S. The molecule has 0 spiro atoms. The van der Waals surface area contributed by atoms with Gasteiger partial charge in [-0.25, -0.2) is 13.2 Å². The molecule has 0 saturated carbocycles. The zero-order valence-corrected chi connectivity index (χ0v) is 22.1. The third-order valence-electron chi connectivity index (χ3n) is 6.19. The molecule has 200 valence electrons. The molecule has 3 atom stereocenters. The lowest BCUT2D eigenvalue weighted by Crippen LogP contribution is -2.42. The van der Waals surface area contributed by atoms with E-state index in [2.05, 4.69) is 10.3 Å². The number of ether oxygens (including phenoxy) is 2. The minimum atomic E-state index is -3.40.